The van der Waals surface area contributed by atoms with Crippen LogP contribution in [0.25, 0.3) is 0 Å². The van der Waals surface area contributed by atoms with E-state index in [4.69, 9.17) is 14.9 Å². The summed E-state index contributed by atoms with van der Waals surface area (Å²) in [6, 6.07) is 5.11. The number of rotatable bonds is 9. The van der Waals surface area contributed by atoms with Crippen molar-refractivity contribution in [3.05, 3.63) is 42.0 Å². The molecular weight excluding hydrogens is 244 g/mol. The molecule has 0 aliphatic heterocycles. The van der Waals surface area contributed by atoms with Crippen LogP contribution < -0.4 is 4.74 Å². The highest BCUT2D eigenvalue weighted by Gasteiger charge is 2.09. The van der Waals surface area contributed by atoms with Crippen molar-refractivity contribution in [3.63, 3.8) is 0 Å². The molecule has 0 aliphatic carbocycles. The first-order chi connectivity index (χ1) is 9.22. The number of carbonyl (C=O) groups excluding carboxylic acids is 1. The fourth-order valence-electron chi connectivity index (χ4n) is 1.70. The molecule has 2 N–H and O–H groups in total. The van der Waals surface area contributed by atoms with E-state index in [-0.39, 0.29) is 12.4 Å². The van der Waals surface area contributed by atoms with Crippen LogP contribution in [0.3, 0.4) is 0 Å². The zero-order chi connectivity index (χ0) is 14.1. The molecule has 1 aromatic rings. The molecule has 0 unspecified atom stereocenters. The number of benzene rings is 1. The Labute approximate surface area is 113 Å². The molecule has 4 heteroatoms. The number of Topliss-reactive ketones (excluding diaryl/α,β-unsaturated/α-hetero) is 1. The van der Waals surface area contributed by atoms with Gasteiger partial charge in [-0.05, 0) is 43.0 Å². The normalized spacial score (nSPS) is 10.2. The highest BCUT2D eigenvalue weighted by atomic mass is 16.5. The second kappa shape index (κ2) is 8.45. The SMILES string of the molecule is C=CCc1cc(C(=O)CO)ccc1OCCCCO. The van der Waals surface area contributed by atoms with Crippen molar-refractivity contribution in [2.75, 3.05) is 19.8 Å². The van der Waals surface area contributed by atoms with Gasteiger partial charge in [-0.3, -0.25) is 4.79 Å². The van der Waals surface area contributed by atoms with Gasteiger partial charge in [-0.15, -0.1) is 6.58 Å². The smallest absolute Gasteiger partial charge is 0.188 e. The lowest BCUT2D eigenvalue weighted by molar-refractivity contribution is 0.0903. The van der Waals surface area contributed by atoms with Gasteiger partial charge in [-0.25, -0.2) is 0 Å². The molecule has 0 heterocycles. The van der Waals surface area contributed by atoms with Crippen LogP contribution >= 0.6 is 0 Å². The van der Waals surface area contributed by atoms with Gasteiger partial charge in [-0.1, -0.05) is 6.08 Å². The Morgan fingerprint density at radius 3 is 2.74 bits per heavy atom. The number of ketones is 1. The third-order valence-electron chi connectivity index (χ3n) is 2.70. The van der Waals surface area contributed by atoms with Crippen LogP contribution in [-0.4, -0.2) is 35.8 Å². The average Bonchev–Trinajstić information content (AvgIpc) is 2.44. The molecule has 0 bridgehead atoms. The van der Waals surface area contributed by atoms with E-state index in [1.165, 1.54) is 0 Å². The molecule has 104 valence electrons. The number of hydrogen-bond acceptors (Lipinski definition) is 4. The highest BCUT2D eigenvalue weighted by Crippen LogP contribution is 2.22. The third-order valence-corrected chi connectivity index (χ3v) is 2.70. The zero-order valence-corrected chi connectivity index (χ0v) is 11.0. The maximum Gasteiger partial charge on any atom is 0.188 e. The van der Waals surface area contributed by atoms with Crippen molar-refractivity contribution >= 4 is 5.78 Å². The summed E-state index contributed by atoms with van der Waals surface area (Å²) in [4.78, 5) is 11.4. The van der Waals surface area contributed by atoms with Crippen LogP contribution in [0.1, 0.15) is 28.8 Å². The first-order valence-corrected chi connectivity index (χ1v) is 6.34. The molecule has 19 heavy (non-hydrogen) atoms. The molecule has 0 spiro atoms. The van der Waals surface area contributed by atoms with Crippen molar-refractivity contribution in [2.24, 2.45) is 0 Å². The first-order valence-electron chi connectivity index (χ1n) is 6.34. The third kappa shape index (κ3) is 4.85. The van der Waals surface area contributed by atoms with E-state index in [0.29, 0.717) is 30.8 Å². The van der Waals surface area contributed by atoms with Crippen molar-refractivity contribution in [1.29, 1.82) is 0 Å². The second-order valence-electron chi connectivity index (χ2n) is 4.18. The summed E-state index contributed by atoms with van der Waals surface area (Å²) in [5, 5.41) is 17.6. The molecule has 0 fully saturated rings. The van der Waals surface area contributed by atoms with Crippen LogP contribution in [-0.2, 0) is 6.42 Å². The molecule has 0 aromatic heterocycles. The van der Waals surface area contributed by atoms with E-state index in [1.807, 2.05) is 0 Å². The van der Waals surface area contributed by atoms with Gasteiger partial charge < -0.3 is 14.9 Å². The predicted octanol–water partition coefficient (Wildman–Crippen LogP) is 1.74. The fourth-order valence-corrected chi connectivity index (χ4v) is 1.70. The Morgan fingerprint density at radius 2 is 2.11 bits per heavy atom. The summed E-state index contributed by atoms with van der Waals surface area (Å²) < 4.78 is 5.63. The van der Waals surface area contributed by atoms with Crippen LogP contribution in [0.2, 0.25) is 0 Å². The van der Waals surface area contributed by atoms with Crippen molar-refractivity contribution in [2.45, 2.75) is 19.3 Å². The number of aliphatic hydroxyl groups is 2. The number of hydrogen-bond donors (Lipinski definition) is 2. The number of aliphatic hydroxyl groups excluding tert-OH is 2. The molecule has 0 atom stereocenters. The number of allylic oxidation sites excluding steroid dienone is 1. The lowest BCUT2D eigenvalue weighted by atomic mass is 10.0. The van der Waals surface area contributed by atoms with Crippen molar-refractivity contribution < 1.29 is 19.7 Å². The maximum absolute atomic E-state index is 11.4. The summed E-state index contributed by atoms with van der Waals surface area (Å²) in [5.74, 6) is 0.407. The monoisotopic (exact) mass is 264 g/mol. The molecule has 1 rings (SSSR count). The minimum absolute atomic E-state index is 0.160. The lowest BCUT2D eigenvalue weighted by Crippen LogP contribution is -2.06. The molecule has 0 aliphatic rings. The molecule has 4 nitrogen and oxygen atoms in total. The summed E-state index contributed by atoms with van der Waals surface area (Å²) in [6.07, 6.45) is 3.82. The van der Waals surface area contributed by atoms with Gasteiger partial charge in [0.2, 0.25) is 0 Å². The van der Waals surface area contributed by atoms with Gasteiger partial charge in [-0.2, -0.15) is 0 Å². The molecule has 0 saturated heterocycles. The van der Waals surface area contributed by atoms with Crippen molar-refractivity contribution in [3.8, 4) is 5.75 Å². The van der Waals surface area contributed by atoms with E-state index in [0.717, 1.165) is 12.0 Å². The Balaban J connectivity index is 2.79. The Hall–Kier alpha value is -1.65. The topological polar surface area (TPSA) is 66.8 Å². The number of ether oxygens (including phenoxy) is 1. The maximum atomic E-state index is 11.4. The summed E-state index contributed by atoms with van der Waals surface area (Å²) in [5.41, 5.74) is 1.35. The summed E-state index contributed by atoms with van der Waals surface area (Å²) >= 11 is 0. The predicted molar refractivity (Wildman–Crippen MR) is 73.6 cm³/mol. The Bertz CT molecular complexity index is 426. The van der Waals surface area contributed by atoms with Gasteiger partial charge in [0.15, 0.2) is 5.78 Å². The van der Waals surface area contributed by atoms with Crippen LogP contribution in [0.4, 0.5) is 0 Å². The van der Waals surface area contributed by atoms with Crippen LogP contribution in [0.15, 0.2) is 30.9 Å². The van der Waals surface area contributed by atoms with Gasteiger partial charge in [0.1, 0.15) is 12.4 Å². The second-order valence-corrected chi connectivity index (χ2v) is 4.18. The van der Waals surface area contributed by atoms with Gasteiger partial charge in [0.05, 0.1) is 6.61 Å². The largest absolute Gasteiger partial charge is 0.493 e. The zero-order valence-electron chi connectivity index (χ0n) is 11.0. The fraction of sp³-hybridized carbons (Fsp3) is 0.400. The van der Waals surface area contributed by atoms with Gasteiger partial charge in [0.25, 0.3) is 0 Å². The average molecular weight is 264 g/mol. The highest BCUT2D eigenvalue weighted by molar-refractivity contribution is 5.97. The van der Waals surface area contributed by atoms with E-state index < -0.39 is 6.61 Å². The van der Waals surface area contributed by atoms with Crippen LogP contribution in [0, 0.1) is 0 Å². The standard InChI is InChI=1S/C15H20O4/c1-2-5-13-10-12(14(18)11-17)6-7-15(13)19-9-4-3-8-16/h2,6-7,10,16-17H,1,3-5,8-9,11H2. The van der Waals surface area contributed by atoms with E-state index in [1.54, 1.807) is 24.3 Å². The van der Waals surface area contributed by atoms with E-state index >= 15 is 0 Å². The summed E-state index contributed by atoms with van der Waals surface area (Å²) in [6.45, 7) is 3.87. The minimum Gasteiger partial charge on any atom is -0.493 e. The molecule has 0 radical (unpaired) electrons. The van der Waals surface area contributed by atoms with E-state index in [2.05, 4.69) is 6.58 Å². The number of carbonyl (C=O) groups is 1. The quantitative estimate of drug-likeness (QED) is 0.405. The molecular formula is C15H20O4. The Kier molecular flexibility index (Phi) is 6.85. The first kappa shape index (κ1) is 15.4. The van der Waals surface area contributed by atoms with Crippen LogP contribution in [0.5, 0.6) is 5.75 Å². The Morgan fingerprint density at radius 1 is 1.32 bits per heavy atom. The van der Waals surface area contributed by atoms with E-state index in [9.17, 15) is 4.79 Å². The van der Waals surface area contributed by atoms with Crippen molar-refractivity contribution in [1.82, 2.24) is 0 Å². The lowest BCUT2D eigenvalue weighted by Gasteiger charge is -2.11. The molecule has 0 amide bonds. The van der Waals surface area contributed by atoms with Gasteiger partial charge in [0, 0.05) is 12.2 Å². The molecule has 1 aromatic carbocycles. The van der Waals surface area contributed by atoms with Gasteiger partial charge >= 0.3 is 0 Å². The minimum atomic E-state index is -0.496. The summed E-state index contributed by atoms with van der Waals surface area (Å²) in [7, 11) is 0. The molecule has 0 saturated carbocycles. The number of unbranched alkanes of at least 4 members (excludes halogenated alkanes) is 1.